The minimum absolute atomic E-state index is 0.0308. The van der Waals surface area contributed by atoms with Crippen molar-refractivity contribution >= 4 is 18.2 Å². The SMILES string of the molecule is C1CC1.CNC(=O)NC(C=O)CCC(=O)N1Cc2ccncc2C1. The van der Waals surface area contributed by atoms with Crippen molar-refractivity contribution in [1.82, 2.24) is 20.5 Å². The highest BCUT2D eigenvalue weighted by Gasteiger charge is 2.23. The molecule has 3 amide bonds. The van der Waals surface area contributed by atoms with E-state index in [1.54, 1.807) is 17.3 Å². The van der Waals surface area contributed by atoms with Crippen LogP contribution in [0.3, 0.4) is 0 Å². The maximum Gasteiger partial charge on any atom is 0.315 e. The second-order valence-corrected chi connectivity index (χ2v) is 5.96. The standard InChI is InChI=1S/C14H18N4O3.C3H6/c1-15-14(21)17-12(9-19)2-3-13(20)18-7-10-4-5-16-6-11(10)8-18;1-2-3-1/h4-6,9,12H,2-3,7-8H2,1H3,(H2,15,17,21);1-3H2. The lowest BCUT2D eigenvalue weighted by atomic mass is 10.1. The predicted molar refractivity (Wildman–Crippen MR) is 89.0 cm³/mol. The van der Waals surface area contributed by atoms with Crippen molar-refractivity contribution in [2.24, 2.45) is 0 Å². The first-order chi connectivity index (χ1) is 11.6. The summed E-state index contributed by atoms with van der Waals surface area (Å²) in [7, 11) is 1.47. The Labute approximate surface area is 141 Å². The highest BCUT2D eigenvalue weighted by atomic mass is 16.2. The highest BCUT2D eigenvalue weighted by Crippen LogP contribution is 2.22. The Morgan fingerprint density at radius 3 is 2.58 bits per heavy atom. The van der Waals surface area contributed by atoms with Crippen molar-refractivity contribution in [3.05, 3.63) is 29.6 Å². The minimum atomic E-state index is -0.652. The van der Waals surface area contributed by atoms with Crippen molar-refractivity contribution in [3.63, 3.8) is 0 Å². The number of pyridine rings is 1. The number of nitrogens with zero attached hydrogens (tertiary/aromatic N) is 2. The van der Waals surface area contributed by atoms with E-state index in [1.165, 1.54) is 26.3 Å². The van der Waals surface area contributed by atoms with Gasteiger partial charge in [-0.25, -0.2) is 4.79 Å². The van der Waals surface area contributed by atoms with E-state index in [2.05, 4.69) is 15.6 Å². The van der Waals surface area contributed by atoms with Gasteiger partial charge in [-0.15, -0.1) is 0 Å². The van der Waals surface area contributed by atoms with Gasteiger partial charge in [-0.1, -0.05) is 19.3 Å². The number of aldehydes is 1. The fraction of sp³-hybridized carbons (Fsp3) is 0.529. The van der Waals surface area contributed by atoms with E-state index in [9.17, 15) is 14.4 Å². The molecule has 1 aliphatic heterocycles. The highest BCUT2D eigenvalue weighted by molar-refractivity contribution is 5.79. The van der Waals surface area contributed by atoms with E-state index in [1.807, 2.05) is 6.07 Å². The zero-order valence-electron chi connectivity index (χ0n) is 14.0. The molecule has 0 saturated heterocycles. The molecule has 130 valence electrons. The Morgan fingerprint density at radius 1 is 1.29 bits per heavy atom. The molecule has 1 aromatic rings. The topological polar surface area (TPSA) is 91.4 Å². The number of aromatic nitrogens is 1. The molecule has 1 saturated carbocycles. The first-order valence-corrected chi connectivity index (χ1v) is 8.27. The molecule has 7 nitrogen and oxygen atoms in total. The Hall–Kier alpha value is -2.44. The van der Waals surface area contributed by atoms with Crippen molar-refractivity contribution in [1.29, 1.82) is 0 Å². The molecular weight excluding hydrogens is 308 g/mol. The molecule has 2 N–H and O–H groups in total. The number of rotatable bonds is 5. The van der Waals surface area contributed by atoms with Crippen LogP contribution in [0.25, 0.3) is 0 Å². The molecule has 1 aromatic heterocycles. The van der Waals surface area contributed by atoms with Crippen LogP contribution in [-0.4, -0.2) is 41.2 Å². The number of nitrogens with one attached hydrogen (secondary N) is 2. The average Bonchev–Trinajstić information content (AvgIpc) is 3.43. The Kier molecular flexibility index (Phi) is 6.72. The summed E-state index contributed by atoms with van der Waals surface area (Å²) in [6.45, 7) is 1.13. The monoisotopic (exact) mass is 332 g/mol. The van der Waals surface area contributed by atoms with E-state index in [0.717, 1.165) is 11.1 Å². The molecule has 24 heavy (non-hydrogen) atoms. The van der Waals surface area contributed by atoms with Crippen molar-refractivity contribution in [3.8, 4) is 0 Å². The molecule has 1 aliphatic carbocycles. The molecule has 2 aliphatic rings. The fourth-order valence-corrected chi connectivity index (χ4v) is 2.25. The largest absolute Gasteiger partial charge is 0.341 e. The normalized spacial score (nSPS) is 15.5. The van der Waals surface area contributed by atoms with Crippen LogP contribution in [0, 0.1) is 0 Å². The number of carbonyl (C=O) groups excluding carboxylic acids is 3. The zero-order valence-corrected chi connectivity index (χ0v) is 14.0. The van der Waals surface area contributed by atoms with Gasteiger partial charge < -0.3 is 20.3 Å². The van der Waals surface area contributed by atoms with E-state index >= 15 is 0 Å². The van der Waals surface area contributed by atoms with Crippen molar-refractivity contribution in [2.75, 3.05) is 7.05 Å². The van der Waals surface area contributed by atoms with Crippen LogP contribution in [0.1, 0.15) is 43.2 Å². The van der Waals surface area contributed by atoms with E-state index in [4.69, 9.17) is 0 Å². The predicted octanol–water partition coefficient (Wildman–Crippen LogP) is 1.37. The number of amides is 3. The molecule has 0 radical (unpaired) electrons. The lowest BCUT2D eigenvalue weighted by Gasteiger charge is -2.17. The van der Waals surface area contributed by atoms with Gasteiger partial charge in [0, 0.05) is 39.0 Å². The van der Waals surface area contributed by atoms with Crippen molar-refractivity contribution < 1.29 is 14.4 Å². The molecule has 0 spiro atoms. The smallest absolute Gasteiger partial charge is 0.315 e. The molecular formula is C17H24N4O3. The molecule has 3 rings (SSSR count). The summed E-state index contributed by atoms with van der Waals surface area (Å²) in [5.41, 5.74) is 2.16. The van der Waals surface area contributed by atoms with Crippen LogP contribution in [0.5, 0.6) is 0 Å². The van der Waals surface area contributed by atoms with Crippen LogP contribution in [0.4, 0.5) is 4.79 Å². The third kappa shape index (κ3) is 5.64. The fourth-order valence-electron chi connectivity index (χ4n) is 2.25. The first-order valence-electron chi connectivity index (χ1n) is 8.27. The number of fused-ring (bicyclic) bond motifs is 1. The summed E-state index contributed by atoms with van der Waals surface area (Å²) in [4.78, 5) is 40.0. The Bertz CT molecular complexity index is 561. The number of carbonyl (C=O) groups is 3. The first kappa shape index (κ1) is 17.9. The average molecular weight is 332 g/mol. The summed E-state index contributed by atoms with van der Waals surface area (Å²) >= 11 is 0. The van der Waals surface area contributed by atoms with Crippen molar-refractivity contribution in [2.45, 2.75) is 51.2 Å². The van der Waals surface area contributed by atoms with Gasteiger partial charge in [0.25, 0.3) is 0 Å². The van der Waals surface area contributed by atoms with Crippen LogP contribution in [0.15, 0.2) is 18.5 Å². The van der Waals surface area contributed by atoms with E-state index < -0.39 is 12.1 Å². The molecule has 0 bridgehead atoms. The molecule has 1 atom stereocenters. The molecule has 7 heteroatoms. The maximum absolute atomic E-state index is 12.2. The second kappa shape index (κ2) is 9.00. The number of hydrogen-bond donors (Lipinski definition) is 2. The summed E-state index contributed by atoms with van der Waals surface area (Å²) in [5, 5.41) is 4.85. The third-order valence-corrected chi connectivity index (χ3v) is 3.81. The van der Waals surface area contributed by atoms with E-state index in [0.29, 0.717) is 25.8 Å². The lowest BCUT2D eigenvalue weighted by molar-refractivity contribution is -0.132. The van der Waals surface area contributed by atoms with Gasteiger partial charge in [-0.2, -0.15) is 0 Å². The van der Waals surface area contributed by atoms with Gasteiger partial charge in [0.2, 0.25) is 5.91 Å². The summed E-state index contributed by atoms with van der Waals surface area (Å²) in [6.07, 6.45) is 9.13. The molecule has 0 aromatic carbocycles. The van der Waals surface area contributed by atoms with Crippen LogP contribution >= 0.6 is 0 Å². The van der Waals surface area contributed by atoms with Gasteiger partial charge in [0.05, 0.1) is 6.04 Å². The zero-order chi connectivity index (χ0) is 17.4. The summed E-state index contributed by atoms with van der Waals surface area (Å²) in [5.74, 6) is -0.0308. The van der Waals surface area contributed by atoms with Crippen LogP contribution in [-0.2, 0) is 22.7 Å². The quantitative estimate of drug-likeness (QED) is 0.797. The van der Waals surface area contributed by atoms with Crippen LogP contribution in [0.2, 0.25) is 0 Å². The summed E-state index contributed by atoms with van der Waals surface area (Å²) < 4.78 is 0. The second-order valence-electron chi connectivity index (χ2n) is 5.96. The number of hydrogen-bond acceptors (Lipinski definition) is 4. The number of urea groups is 1. The van der Waals surface area contributed by atoms with Gasteiger partial charge in [-0.05, 0) is 23.6 Å². The Morgan fingerprint density at radius 2 is 2.00 bits per heavy atom. The van der Waals surface area contributed by atoms with Gasteiger partial charge in [0.1, 0.15) is 6.29 Å². The van der Waals surface area contributed by atoms with Gasteiger partial charge in [-0.3, -0.25) is 9.78 Å². The lowest BCUT2D eigenvalue weighted by Crippen LogP contribution is -2.42. The molecule has 2 heterocycles. The maximum atomic E-state index is 12.2. The van der Waals surface area contributed by atoms with Crippen LogP contribution < -0.4 is 10.6 Å². The molecule has 1 fully saturated rings. The van der Waals surface area contributed by atoms with Gasteiger partial charge >= 0.3 is 6.03 Å². The minimum Gasteiger partial charge on any atom is -0.341 e. The summed E-state index contributed by atoms with van der Waals surface area (Å²) in [6, 6.07) is 0.823. The van der Waals surface area contributed by atoms with Gasteiger partial charge in [0.15, 0.2) is 0 Å². The van der Waals surface area contributed by atoms with E-state index in [-0.39, 0.29) is 12.3 Å². The third-order valence-electron chi connectivity index (χ3n) is 3.81. The molecule has 1 unspecified atom stereocenters. The Balaban J connectivity index is 0.000000623.